The number of benzene rings is 2. The molecule has 0 radical (unpaired) electrons. The highest BCUT2D eigenvalue weighted by atomic mass is 16.4. The number of para-hydroxylation sites is 2. The maximum absolute atomic E-state index is 13.1. The molecule has 2 heterocycles. The van der Waals surface area contributed by atoms with Crippen molar-refractivity contribution < 1.29 is 19.5 Å². The van der Waals surface area contributed by atoms with Gasteiger partial charge in [0.25, 0.3) is 5.91 Å². The van der Waals surface area contributed by atoms with Crippen molar-refractivity contribution in [2.45, 2.75) is 18.5 Å². The Morgan fingerprint density at radius 1 is 0.958 bits per heavy atom. The Hall–Kier alpha value is -3.15. The molecular formula is C18H14N2O4. The second kappa shape index (κ2) is 4.92. The third kappa shape index (κ3) is 1.68. The number of hydrogen-bond acceptors (Lipinski definition) is 3. The molecular weight excluding hydrogens is 308 g/mol. The molecule has 4 rings (SSSR count). The lowest BCUT2D eigenvalue weighted by atomic mass is 9.95. The summed E-state index contributed by atoms with van der Waals surface area (Å²) in [5.41, 5.74) is -0.573. The van der Waals surface area contributed by atoms with Crippen LogP contribution < -0.4 is 9.80 Å². The molecule has 1 atom stereocenters. The second-order valence-electron chi connectivity index (χ2n) is 5.84. The molecule has 0 bridgehead atoms. The average molecular weight is 322 g/mol. The Bertz CT molecular complexity index is 864. The third-order valence-electron chi connectivity index (χ3n) is 4.61. The summed E-state index contributed by atoms with van der Waals surface area (Å²) in [7, 11) is 0. The van der Waals surface area contributed by atoms with Crippen molar-refractivity contribution in [1.29, 1.82) is 0 Å². The van der Waals surface area contributed by atoms with Crippen molar-refractivity contribution in [3.8, 4) is 0 Å². The smallest absolute Gasteiger partial charge is 0.351 e. The number of fused-ring (bicyclic) bond motifs is 3. The van der Waals surface area contributed by atoms with E-state index in [1.54, 1.807) is 54.6 Å². The van der Waals surface area contributed by atoms with Crippen LogP contribution in [0.1, 0.15) is 23.2 Å². The third-order valence-corrected chi connectivity index (χ3v) is 4.61. The highest BCUT2D eigenvalue weighted by Gasteiger charge is 2.61. The molecule has 6 heteroatoms. The van der Waals surface area contributed by atoms with Gasteiger partial charge in [-0.3, -0.25) is 19.4 Å². The number of amides is 2. The average Bonchev–Trinajstić information content (AvgIpc) is 2.95. The Morgan fingerprint density at radius 2 is 1.62 bits per heavy atom. The number of nitrogens with zero attached hydrogens (tertiary/aromatic N) is 2. The number of rotatable bonds is 2. The molecule has 2 aliphatic rings. The van der Waals surface area contributed by atoms with Crippen LogP contribution in [-0.4, -0.2) is 28.6 Å². The van der Waals surface area contributed by atoms with E-state index < -0.39 is 17.5 Å². The molecule has 1 fully saturated rings. The molecule has 0 saturated carbocycles. The molecule has 24 heavy (non-hydrogen) atoms. The molecule has 2 aromatic carbocycles. The fraction of sp³-hybridized carbons (Fsp3) is 0.167. The normalized spacial score (nSPS) is 22.3. The minimum absolute atomic E-state index is 0.0517. The highest BCUT2D eigenvalue weighted by molar-refractivity contribution is 6.22. The highest BCUT2D eigenvalue weighted by Crippen LogP contribution is 2.46. The van der Waals surface area contributed by atoms with Gasteiger partial charge in [-0.05, 0) is 24.3 Å². The fourth-order valence-electron chi connectivity index (χ4n) is 3.60. The van der Waals surface area contributed by atoms with Crippen LogP contribution in [-0.2, 0) is 9.59 Å². The van der Waals surface area contributed by atoms with Crippen LogP contribution in [0.3, 0.4) is 0 Å². The molecule has 0 unspecified atom stereocenters. The lowest BCUT2D eigenvalue weighted by Gasteiger charge is -2.47. The molecule has 0 aliphatic carbocycles. The van der Waals surface area contributed by atoms with Crippen LogP contribution in [0.25, 0.3) is 0 Å². The standard InChI is InChI=1S/C18H14N2O4/c21-15-10-11-18(17(23)24)19(12-6-2-1-3-7-12)16(22)13-8-4-5-9-14(13)20(15)18/h1-9H,10-11H2,(H,23,24)/t18-/m1/s1. The second-order valence-corrected chi connectivity index (χ2v) is 5.84. The topological polar surface area (TPSA) is 77.9 Å². The van der Waals surface area contributed by atoms with E-state index in [-0.39, 0.29) is 18.7 Å². The Balaban J connectivity index is 2.04. The van der Waals surface area contributed by atoms with Gasteiger partial charge in [-0.1, -0.05) is 30.3 Å². The first-order chi connectivity index (χ1) is 11.6. The first-order valence-corrected chi connectivity index (χ1v) is 7.62. The maximum atomic E-state index is 13.1. The number of anilines is 2. The van der Waals surface area contributed by atoms with E-state index in [2.05, 4.69) is 0 Å². The van der Waals surface area contributed by atoms with Crippen molar-refractivity contribution in [3.05, 3.63) is 60.2 Å². The molecule has 0 spiro atoms. The zero-order valence-electron chi connectivity index (χ0n) is 12.7. The van der Waals surface area contributed by atoms with Crippen molar-refractivity contribution in [2.75, 3.05) is 9.80 Å². The minimum Gasteiger partial charge on any atom is -0.478 e. The summed E-state index contributed by atoms with van der Waals surface area (Å²) in [6, 6.07) is 15.3. The number of hydrogen-bond donors (Lipinski definition) is 1. The van der Waals surface area contributed by atoms with Gasteiger partial charge < -0.3 is 5.11 Å². The zero-order valence-corrected chi connectivity index (χ0v) is 12.7. The largest absolute Gasteiger partial charge is 0.478 e. The first-order valence-electron chi connectivity index (χ1n) is 7.62. The van der Waals surface area contributed by atoms with Gasteiger partial charge in [-0.2, -0.15) is 0 Å². The Labute approximate surface area is 137 Å². The lowest BCUT2D eigenvalue weighted by Crippen LogP contribution is -2.68. The van der Waals surface area contributed by atoms with Gasteiger partial charge in [-0.25, -0.2) is 4.79 Å². The van der Waals surface area contributed by atoms with Crippen molar-refractivity contribution >= 4 is 29.2 Å². The van der Waals surface area contributed by atoms with Crippen LogP contribution in [0.2, 0.25) is 0 Å². The molecule has 6 nitrogen and oxygen atoms in total. The molecule has 0 aromatic heterocycles. The molecule has 2 amide bonds. The van der Waals surface area contributed by atoms with E-state index in [1.807, 2.05) is 0 Å². The summed E-state index contributed by atoms with van der Waals surface area (Å²) in [5.74, 6) is -1.91. The maximum Gasteiger partial charge on any atom is 0.351 e. The van der Waals surface area contributed by atoms with Gasteiger partial charge in [0.1, 0.15) is 0 Å². The SMILES string of the molecule is O=C1c2ccccc2N2C(=O)CC[C@@]2(C(=O)O)N1c1ccccc1. The summed E-state index contributed by atoms with van der Waals surface area (Å²) < 4.78 is 0. The zero-order chi connectivity index (χ0) is 16.9. The lowest BCUT2D eigenvalue weighted by molar-refractivity contribution is -0.143. The van der Waals surface area contributed by atoms with Gasteiger partial charge in [0.2, 0.25) is 11.6 Å². The molecule has 2 aliphatic heterocycles. The number of aliphatic carboxylic acids is 1. The number of carboxylic acids is 1. The van der Waals surface area contributed by atoms with Gasteiger partial charge >= 0.3 is 5.97 Å². The van der Waals surface area contributed by atoms with E-state index in [4.69, 9.17) is 0 Å². The van der Waals surface area contributed by atoms with Gasteiger partial charge in [0.15, 0.2) is 0 Å². The summed E-state index contributed by atoms with van der Waals surface area (Å²) in [4.78, 5) is 40.3. The summed E-state index contributed by atoms with van der Waals surface area (Å²) in [6.45, 7) is 0. The van der Waals surface area contributed by atoms with Crippen LogP contribution in [0.4, 0.5) is 11.4 Å². The van der Waals surface area contributed by atoms with E-state index in [0.29, 0.717) is 16.9 Å². The Morgan fingerprint density at radius 3 is 2.33 bits per heavy atom. The van der Waals surface area contributed by atoms with Crippen molar-refractivity contribution in [1.82, 2.24) is 0 Å². The summed E-state index contributed by atoms with van der Waals surface area (Å²) in [6.07, 6.45) is 0.132. The molecule has 2 aromatic rings. The van der Waals surface area contributed by atoms with Crippen LogP contribution in [0.15, 0.2) is 54.6 Å². The molecule has 120 valence electrons. The number of carbonyl (C=O) groups is 3. The quantitative estimate of drug-likeness (QED) is 0.920. The minimum atomic E-state index is -1.72. The molecule has 1 N–H and O–H groups in total. The van der Waals surface area contributed by atoms with Gasteiger partial charge in [0, 0.05) is 18.5 Å². The van der Waals surface area contributed by atoms with Crippen LogP contribution >= 0.6 is 0 Å². The molecule has 1 saturated heterocycles. The van der Waals surface area contributed by atoms with Gasteiger partial charge in [0.05, 0.1) is 11.3 Å². The Kier molecular flexibility index (Phi) is 2.96. The summed E-state index contributed by atoms with van der Waals surface area (Å²) in [5, 5.41) is 10.0. The summed E-state index contributed by atoms with van der Waals surface area (Å²) >= 11 is 0. The van der Waals surface area contributed by atoms with Crippen molar-refractivity contribution in [2.24, 2.45) is 0 Å². The predicted molar refractivity (Wildman–Crippen MR) is 86.8 cm³/mol. The van der Waals surface area contributed by atoms with Gasteiger partial charge in [-0.15, -0.1) is 0 Å². The van der Waals surface area contributed by atoms with Crippen LogP contribution in [0.5, 0.6) is 0 Å². The van der Waals surface area contributed by atoms with Crippen LogP contribution in [0, 0.1) is 0 Å². The first kappa shape index (κ1) is 14.4. The van der Waals surface area contributed by atoms with E-state index >= 15 is 0 Å². The van der Waals surface area contributed by atoms with E-state index in [9.17, 15) is 19.5 Å². The van der Waals surface area contributed by atoms with E-state index in [0.717, 1.165) is 0 Å². The monoisotopic (exact) mass is 322 g/mol. The predicted octanol–water partition coefficient (Wildman–Crippen LogP) is 2.25. The van der Waals surface area contributed by atoms with Crippen molar-refractivity contribution in [3.63, 3.8) is 0 Å². The fourth-order valence-corrected chi connectivity index (χ4v) is 3.60. The number of carbonyl (C=O) groups excluding carboxylic acids is 2. The van der Waals surface area contributed by atoms with E-state index in [1.165, 1.54) is 9.80 Å². The number of carboxylic acid groups (broad SMARTS) is 1.